The van der Waals surface area contributed by atoms with Crippen LogP contribution in [-0.2, 0) is 19.1 Å². The van der Waals surface area contributed by atoms with E-state index in [1.807, 2.05) is 62.1 Å². The lowest BCUT2D eigenvalue weighted by atomic mass is 9.94. The number of nitrogens with one attached hydrogen (secondary N) is 1. The number of pyridine rings is 1. The van der Waals surface area contributed by atoms with Gasteiger partial charge in [-0.15, -0.1) is 0 Å². The highest BCUT2D eigenvalue weighted by atomic mass is 16.6. The van der Waals surface area contributed by atoms with Gasteiger partial charge >= 0.3 is 12.1 Å². The number of amides is 4. The predicted octanol–water partition coefficient (Wildman–Crippen LogP) is 3.49. The highest BCUT2D eigenvalue weighted by Crippen LogP contribution is 2.29. The molecular formula is C35H48N6O7. The zero-order valence-corrected chi connectivity index (χ0v) is 28.2. The van der Waals surface area contributed by atoms with Crippen LogP contribution in [0.3, 0.4) is 0 Å². The molecule has 0 bridgehead atoms. The van der Waals surface area contributed by atoms with Crippen molar-refractivity contribution in [1.29, 1.82) is 0 Å². The molecule has 0 aliphatic carbocycles. The fourth-order valence-electron chi connectivity index (χ4n) is 6.12. The molecule has 1 aromatic carbocycles. The van der Waals surface area contributed by atoms with Crippen LogP contribution in [-0.4, -0.2) is 120 Å². The summed E-state index contributed by atoms with van der Waals surface area (Å²) >= 11 is 0. The van der Waals surface area contributed by atoms with E-state index in [0.717, 1.165) is 11.3 Å². The van der Waals surface area contributed by atoms with Gasteiger partial charge in [0.2, 0.25) is 11.8 Å². The molecule has 3 heterocycles. The van der Waals surface area contributed by atoms with Crippen LogP contribution in [0, 0.1) is 5.92 Å². The van der Waals surface area contributed by atoms with Crippen LogP contribution >= 0.6 is 0 Å². The zero-order valence-electron chi connectivity index (χ0n) is 28.2. The number of carbonyl (C=O) groups excluding carboxylic acids is 4. The molecule has 2 aliphatic rings. The molecule has 2 fully saturated rings. The number of piperidine rings is 1. The lowest BCUT2D eigenvalue weighted by molar-refractivity contribution is -0.138. The van der Waals surface area contributed by atoms with Crippen molar-refractivity contribution in [2.24, 2.45) is 5.92 Å². The number of aromatic nitrogens is 1. The molecule has 48 heavy (non-hydrogen) atoms. The maximum Gasteiger partial charge on any atom is 0.409 e. The quantitative estimate of drug-likeness (QED) is 0.328. The van der Waals surface area contributed by atoms with E-state index < -0.39 is 29.9 Å². The molecule has 0 unspecified atom stereocenters. The maximum atomic E-state index is 13.8. The smallest absolute Gasteiger partial charge is 0.409 e. The van der Waals surface area contributed by atoms with Crippen molar-refractivity contribution < 1.29 is 33.8 Å². The second kappa shape index (κ2) is 17.5. The SMILES string of the molecule is CCCOC(=O)N1CCN(C(=O)[C@H](CCC(=O)O)NC(=O)c2cc(N3CCC(C(=O)N(CC)CC)CC3)cc(-c3ccccc3)n2)CC1. The minimum Gasteiger partial charge on any atom is -0.481 e. The van der Waals surface area contributed by atoms with E-state index in [4.69, 9.17) is 4.74 Å². The van der Waals surface area contributed by atoms with Gasteiger partial charge in [-0.05, 0) is 51.7 Å². The second-order valence-electron chi connectivity index (χ2n) is 12.1. The minimum atomic E-state index is -1.10. The normalized spacial score (nSPS) is 15.9. The molecule has 0 saturated carbocycles. The van der Waals surface area contributed by atoms with E-state index in [9.17, 15) is 29.1 Å². The van der Waals surface area contributed by atoms with Crippen LogP contribution in [0.2, 0.25) is 0 Å². The first-order valence-electron chi connectivity index (χ1n) is 17.0. The van der Waals surface area contributed by atoms with Crippen molar-refractivity contribution in [1.82, 2.24) is 25.0 Å². The number of hydrogen-bond donors (Lipinski definition) is 2. The molecule has 4 amide bonds. The van der Waals surface area contributed by atoms with Crippen LogP contribution in [0.25, 0.3) is 11.3 Å². The number of piperazine rings is 1. The molecule has 2 aromatic rings. The number of rotatable bonds is 13. The van der Waals surface area contributed by atoms with Crippen LogP contribution in [0.1, 0.15) is 63.4 Å². The molecule has 2 aliphatic heterocycles. The van der Waals surface area contributed by atoms with Crippen molar-refractivity contribution in [2.45, 2.75) is 58.9 Å². The van der Waals surface area contributed by atoms with Gasteiger partial charge in [-0.2, -0.15) is 0 Å². The summed E-state index contributed by atoms with van der Waals surface area (Å²) < 4.78 is 5.20. The first-order chi connectivity index (χ1) is 23.1. The number of anilines is 1. The van der Waals surface area contributed by atoms with Crippen LogP contribution < -0.4 is 10.2 Å². The van der Waals surface area contributed by atoms with Gasteiger partial charge in [-0.3, -0.25) is 19.2 Å². The molecule has 2 saturated heterocycles. The summed E-state index contributed by atoms with van der Waals surface area (Å²) in [5.41, 5.74) is 2.28. The first kappa shape index (κ1) is 36.2. The Morgan fingerprint density at radius 1 is 0.938 bits per heavy atom. The van der Waals surface area contributed by atoms with Crippen molar-refractivity contribution in [3.05, 3.63) is 48.2 Å². The largest absolute Gasteiger partial charge is 0.481 e. The average Bonchev–Trinajstić information content (AvgIpc) is 3.12. The summed E-state index contributed by atoms with van der Waals surface area (Å²) in [6.45, 7) is 9.83. The highest BCUT2D eigenvalue weighted by molar-refractivity contribution is 5.97. The van der Waals surface area contributed by atoms with Gasteiger partial charge in [0.15, 0.2) is 0 Å². The summed E-state index contributed by atoms with van der Waals surface area (Å²) in [6, 6.07) is 12.0. The van der Waals surface area contributed by atoms with Gasteiger partial charge in [-0.25, -0.2) is 9.78 Å². The summed E-state index contributed by atoms with van der Waals surface area (Å²) in [5.74, 6) is -1.96. The first-order valence-corrected chi connectivity index (χ1v) is 17.0. The molecule has 2 N–H and O–H groups in total. The van der Waals surface area contributed by atoms with Crippen molar-refractivity contribution in [2.75, 3.05) is 63.9 Å². The van der Waals surface area contributed by atoms with E-state index in [1.54, 1.807) is 11.0 Å². The summed E-state index contributed by atoms with van der Waals surface area (Å²) in [4.78, 5) is 75.9. The molecule has 13 heteroatoms. The van der Waals surface area contributed by atoms with Crippen molar-refractivity contribution in [3.63, 3.8) is 0 Å². The Morgan fingerprint density at radius 2 is 1.58 bits per heavy atom. The Hall–Kier alpha value is -4.68. The number of carboxylic acid groups (broad SMARTS) is 1. The Kier molecular flexibility index (Phi) is 13.2. The number of carbonyl (C=O) groups is 5. The zero-order chi connectivity index (χ0) is 34.6. The molecule has 0 radical (unpaired) electrons. The van der Waals surface area contributed by atoms with E-state index >= 15 is 0 Å². The molecule has 260 valence electrons. The lowest BCUT2D eigenvalue weighted by Gasteiger charge is -2.36. The van der Waals surface area contributed by atoms with E-state index in [-0.39, 0.29) is 56.5 Å². The second-order valence-corrected chi connectivity index (χ2v) is 12.1. The van der Waals surface area contributed by atoms with Gasteiger partial charge < -0.3 is 34.8 Å². The topological polar surface area (TPSA) is 153 Å². The third-order valence-electron chi connectivity index (χ3n) is 8.93. The Balaban J connectivity index is 1.52. The maximum absolute atomic E-state index is 13.8. The fourth-order valence-corrected chi connectivity index (χ4v) is 6.12. The Labute approximate surface area is 282 Å². The van der Waals surface area contributed by atoms with Crippen LogP contribution in [0.15, 0.2) is 42.5 Å². The number of hydrogen-bond acceptors (Lipinski definition) is 8. The fraction of sp³-hybridized carbons (Fsp3) is 0.543. The highest BCUT2D eigenvalue weighted by Gasteiger charge is 2.32. The summed E-state index contributed by atoms with van der Waals surface area (Å²) in [6.07, 6.45) is 1.24. The van der Waals surface area contributed by atoms with Gasteiger partial charge in [0, 0.05) is 75.9 Å². The van der Waals surface area contributed by atoms with Gasteiger partial charge in [0.05, 0.1) is 12.3 Å². The number of carboxylic acids is 1. The van der Waals surface area contributed by atoms with Gasteiger partial charge in [0.25, 0.3) is 5.91 Å². The van der Waals surface area contributed by atoms with E-state index in [2.05, 4.69) is 15.2 Å². The lowest BCUT2D eigenvalue weighted by Crippen LogP contribution is -2.56. The Morgan fingerprint density at radius 3 is 2.19 bits per heavy atom. The standard InChI is InChI=1S/C35H48N6O7/c1-4-22-48-35(47)41-20-18-40(19-21-41)34(46)28(12-13-31(42)43)37-32(44)30-24-27(23-29(36-30)25-10-8-7-9-11-25)39-16-14-26(15-17-39)33(45)38(5-2)6-3/h7-11,23-24,26,28H,4-6,12-22H2,1-3H3,(H,37,44)(H,42,43)/t28-/m0/s1. The van der Waals surface area contributed by atoms with Gasteiger partial charge in [0.1, 0.15) is 11.7 Å². The average molecular weight is 665 g/mol. The molecule has 13 nitrogen and oxygen atoms in total. The number of ether oxygens (including phenoxy) is 1. The van der Waals surface area contributed by atoms with Gasteiger partial charge in [-0.1, -0.05) is 37.3 Å². The van der Waals surface area contributed by atoms with E-state index in [0.29, 0.717) is 57.7 Å². The number of nitrogens with zero attached hydrogens (tertiary/aromatic N) is 5. The number of aliphatic carboxylic acids is 1. The van der Waals surface area contributed by atoms with Crippen LogP contribution in [0.5, 0.6) is 0 Å². The molecule has 1 atom stereocenters. The molecule has 0 spiro atoms. The third kappa shape index (κ3) is 9.45. The third-order valence-corrected chi connectivity index (χ3v) is 8.93. The summed E-state index contributed by atoms with van der Waals surface area (Å²) in [5, 5.41) is 12.2. The van der Waals surface area contributed by atoms with Crippen molar-refractivity contribution in [3.8, 4) is 11.3 Å². The van der Waals surface area contributed by atoms with E-state index in [1.165, 1.54) is 4.90 Å². The summed E-state index contributed by atoms with van der Waals surface area (Å²) in [7, 11) is 0. The molecule has 4 rings (SSSR count). The minimum absolute atomic E-state index is 0.0517. The predicted molar refractivity (Wildman–Crippen MR) is 180 cm³/mol. The number of benzene rings is 1. The van der Waals surface area contributed by atoms with Crippen molar-refractivity contribution >= 4 is 35.5 Å². The molecular weight excluding hydrogens is 616 g/mol. The molecule has 1 aromatic heterocycles. The van der Waals surface area contributed by atoms with Crippen LogP contribution in [0.4, 0.5) is 10.5 Å². The monoisotopic (exact) mass is 664 g/mol. The Bertz CT molecular complexity index is 1420.